The van der Waals surface area contributed by atoms with Gasteiger partial charge in [0.15, 0.2) is 5.82 Å². The summed E-state index contributed by atoms with van der Waals surface area (Å²) in [7, 11) is 0. The van der Waals surface area contributed by atoms with Crippen molar-refractivity contribution in [3.05, 3.63) is 90.6 Å². The maximum absolute atomic E-state index is 5.16. The highest BCUT2D eigenvalue weighted by Crippen LogP contribution is 2.38. The minimum Gasteiger partial charge on any atom is -0.292 e. The maximum Gasteiger partial charge on any atom is 0.160 e. The van der Waals surface area contributed by atoms with Gasteiger partial charge in [0.05, 0.1) is 27.8 Å². The maximum atomic E-state index is 5.16. The molecular weight excluding hydrogens is 378 g/mol. The van der Waals surface area contributed by atoms with Crippen LogP contribution in [-0.2, 0) is 5.41 Å². The van der Waals surface area contributed by atoms with Gasteiger partial charge in [-0.05, 0) is 35.0 Å². The van der Waals surface area contributed by atoms with Gasteiger partial charge in [0.2, 0.25) is 0 Å². The van der Waals surface area contributed by atoms with Gasteiger partial charge < -0.3 is 0 Å². The molecule has 0 saturated carbocycles. The van der Waals surface area contributed by atoms with Crippen molar-refractivity contribution in [1.29, 1.82) is 0 Å². The number of nitrogens with zero attached hydrogens (tertiary/aromatic N) is 3. The zero-order chi connectivity index (χ0) is 21.2. The highest BCUT2D eigenvalue weighted by molar-refractivity contribution is 6.21. The molecule has 6 rings (SSSR count). The summed E-state index contributed by atoms with van der Waals surface area (Å²) in [5.74, 6) is 0.910. The van der Waals surface area contributed by atoms with E-state index >= 15 is 0 Å². The molecule has 6 aromatic rings. The molecule has 0 aliphatic heterocycles. The van der Waals surface area contributed by atoms with Gasteiger partial charge in [-0.1, -0.05) is 81.4 Å². The predicted octanol–water partition coefficient (Wildman–Crippen LogP) is 7.18. The summed E-state index contributed by atoms with van der Waals surface area (Å²) in [4.78, 5) is 10.3. The molecule has 0 N–H and O–H groups in total. The molecule has 150 valence electrons. The predicted molar refractivity (Wildman–Crippen MR) is 130 cm³/mol. The Hall–Kier alpha value is -3.72. The first kappa shape index (κ1) is 18.1. The van der Waals surface area contributed by atoms with Crippen LogP contribution in [0.4, 0.5) is 0 Å². The molecule has 0 amide bonds. The number of fused-ring (bicyclic) bond motifs is 6. The fourth-order valence-corrected chi connectivity index (χ4v) is 4.62. The van der Waals surface area contributed by atoms with Gasteiger partial charge in [0.1, 0.15) is 0 Å². The smallest absolute Gasteiger partial charge is 0.160 e. The molecule has 0 saturated heterocycles. The number of rotatable bonds is 1. The summed E-state index contributed by atoms with van der Waals surface area (Å²) >= 11 is 0. The summed E-state index contributed by atoms with van der Waals surface area (Å²) in [6.07, 6.45) is 0. The quantitative estimate of drug-likeness (QED) is 0.292. The van der Waals surface area contributed by atoms with Gasteiger partial charge in [-0.25, -0.2) is 9.97 Å². The molecule has 3 heteroatoms. The van der Waals surface area contributed by atoms with Crippen LogP contribution in [0.5, 0.6) is 0 Å². The molecule has 4 aromatic carbocycles. The molecule has 2 heterocycles. The van der Waals surface area contributed by atoms with Crippen molar-refractivity contribution in [3.63, 3.8) is 0 Å². The van der Waals surface area contributed by atoms with Crippen LogP contribution in [0.25, 0.3) is 49.4 Å². The number of aromatic nitrogens is 3. The van der Waals surface area contributed by atoms with Gasteiger partial charge in [-0.2, -0.15) is 0 Å². The average molecular weight is 402 g/mol. The van der Waals surface area contributed by atoms with E-state index < -0.39 is 0 Å². The van der Waals surface area contributed by atoms with E-state index in [1.807, 2.05) is 24.3 Å². The SMILES string of the molecule is CC(C)(C)c1nc2ccccc2nc1-n1c2ccccc2c2c3ccccc3ccc21. The Bertz CT molecular complexity index is 1620. The first-order chi connectivity index (χ1) is 15.0. The molecular formula is C28H23N3. The lowest BCUT2D eigenvalue weighted by Gasteiger charge is -2.22. The average Bonchev–Trinajstić information content (AvgIpc) is 3.12. The van der Waals surface area contributed by atoms with Gasteiger partial charge >= 0.3 is 0 Å². The Labute approximate surface area is 181 Å². The van der Waals surface area contributed by atoms with Crippen molar-refractivity contribution >= 4 is 43.6 Å². The van der Waals surface area contributed by atoms with Gasteiger partial charge in [0.25, 0.3) is 0 Å². The summed E-state index contributed by atoms with van der Waals surface area (Å²) in [5.41, 5.74) is 5.02. The fraction of sp³-hybridized carbons (Fsp3) is 0.143. The Balaban J connectivity index is 1.84. The van der Waals surface area contributed by atoms with Crippen molar-refractivity contribution in [2.24, 2.45) is 0 Å². The molecule has 31 heavy (non-hydrogen) atoms. The molecule has 3 nitrogen and oxygen atoms in total. The largest absolute Gasteiger partial charge is 0.292 e. The number of para-hydroxylation sites is 3. The van der Waals surface area contributed by atoms with E-state index in [1.54, 1.807) is 0 Å². The normalized spacial score (nSPS) is 12.4. The van der Waals surface area contributed by atoms with Gasteiger partial charge in [-0.15, -0.1) is 0 Å². The van der Waals surface area contributed by atoms with Crippen molar-refractivity contribution in [3.8, 4) is 5.82 Å². The zero-order valence-electron chi connectivity index (χ0n) is 17.9. The third kappa shape index (κ3) is 2.66. The Morgan fingerprint density at radius 3 is 2.03 bits per heavy atom. The van der Waals surface area contributed by atoms with Crippen molar-refractivity contribution in [2.75, 3.05) is 0 Å². The molecule has 0 radical (unpaired) electrons. The van der Waals surface area contributed by atoms with Crippen LogP contribution in [0.1, 0.15) is 26.5 Å². The molecule has 0 unspecified atom stereocenters. The Morgan fingerprint density at radius 2 is 1.26 bits per heavy atom. The summed E-state index contributed by atoms with van der Waals surface area (Å²) < 4.78 is 2.30. The number of hydrogen-bond acceptors (Lipinski definition) is 2. The summed E-state index contributed by atoms with van der Waals surface area (Å²) in [6.45, 7) is 6.62. The highest BCUT2D eigenvalue weighted by atomic mass is 15.1. The van der Waals surface area contributed by atoms with Crippen LogP contribution in [0.3, 0.4) is 0 Å². The van der Waals surface area contributed by atoms with E-state index in [4.69, 9.17) is 9.97 Å². The Kier molecular flexibility index (Phi) is 3.73. The lowest BCUT2D eigenvalue weighted by Crippen LogP contribution is -2.19. The summed E-state index contributed by atoms with van der Waals surface area (Å²) in [6, 6.07) is 29.8. The first-order valence-electron chi connectivity index (χ1n) is 10.7. The molecule has 0 spiro atoms. The summed E-state index contributed by atoms with van der Waals surface area (Å²) in [5, 5.41) is 5.02. The van der Waals surface area contributed by atoms with Crippen LogP contribution in [0.15, 0.2) is 84.9 Å². The van der Waals surface area contributed by atoms with Crippen LogP contribution >= 0.6 is 0 Å². The van der Waals surface area contributed by atoms with E-state index in [0.717, 1.165) is 33.6 Å². The van der Waals surface area contributed by atoms with E-state index in [0.29, 0.717) is 0 Å². The number of hydrogen-bond donors (Lipinski definition) is 0. The zero-order valence-corrected chi connectivity index (χ0v) is 17.9. The lowest BCUT2D eigenvalue weighted by atomic mass is 9.91. The second-order valence-electron chi connectivity index (χ2n) is 9.17. The van der Waals surface area contributed by atoms with Crippen molar-refractivity contribution in [2.45, 2.75) is 26.2 Å². The van der Waals surface area contributed by atoms with Crippen LogP contribution in [0, 0.1) is 0 Å². The molecule has 0 bridgehead atoms. The molecule has 2 aromatic heterocycles. The fourth-order valence-electron chi connectivity index (χ4n) is 4.62. The van der Waals surface area contributed by atoms with Crippen LogP contribution in [-0.4, -0.2) is 14.5 Å². The third-order valence-electron chi connectivity index (χ3n) is 6.04. The van der Waals surface area contributed by atoms with Crippen LogP contribution in [0.2, 0.25) is 0 Å². The van der Waals surface area contributed by atoms with Crippen molar-refractivity contribution < 1.29 is 0 Å². The molecule has 0 aliphatic rings. The monoisotopic (exact) mass is 401 g/mol. The first-order valence-corrected chi connectivity index (χ1v) is 10.7. The molecule has 0 fully saturated rings. The minimum absolute atomic E-state index is 0.152. The van der Waals surface area contributed by atoms with Gasteiger partial charge in [0, 0.05) is 16.2 Å². The second kappa shape index (κ2) is 6.39. The Morgan fingerprint density at radius 1 is 0.613 bits per heavy atom. The molecule has 0 aliphatic carbocycles. The second-order valence-corrected chi connectivity index (χ2v) is 9.17. The lowest BCUT2D eigenvalue weighted by molar-refractivity contribution is 0.565. The van der Waals surface area contributed by atoms with E-state index in [2.05, 4.69) is 86.0 Å². The minimum atomic E-state index is -0.152. The topological polar surface area (TPSA) is 30.7 Å². The molecule has 0 atom stereocenters. The number of benzene rings is 4. The standard InChI is InChI=1S/C28H23N3/c1-28(2,3)26-27(30-22-14-8-7-13-21(22)29-26)31-23-15-9-6-12-20(23)25-19-11-5-4-10-18(19)16-17-24(25)31/h4-17H,1-3H3. The van der Waals surface area contributed by atoms with E-state index in [1.165, 1.54) is 21.5 Å². The van der Waals surface area contributed by atoms with E-state index in [-0.39, 0.29) is 5.41 Å². The van der Waals surface area contributed by atoms with Crippen molar-refractivity contribution in [1.82, 2.24) is 14.5 Å². The third-order valence-corrected chi connectivity index (χ3v) is 6.04. The van der Waals surface area contributed by atoms with Crippen LogP contribution < -0.4 is 0 Å². The van der Waals surface area contributed by atoms with Gasteiger partial charge in [-0.3, -0.25) is 4.57 Å². The van der Waals surface area contributed by atoms with E-state index in [9.17, 15) is 0 Å². The highest BCUT2D eigenvalue weighted by Gasteiger charge is 2.25.